The fourth-order valence-electron chi connectivity index (χ4n) is 8.56. The van der Waals surface area contributed by atoms with Crippen molar-refractivity contribution < 1.29 is 0 Å². The molecule has 51 heavy (non-hydrogen) atoms. The molecule has 9 aromatic rings. The maximum Gasteiger partial charge on any atom is 0.0742 e. The van der Waals surface area contributed by atoms with Crippen molar-refractivity contribution in [3.8, 4) is 39.1 Å². The van der Waals surface area contributed by atoms with Gasteiger partial charge in [0.1, 0.15) is 0 Å². The van der Waals surface area contributed by atoms with Crippen LogP contribution in [0.3, 0.4) is 0 Å². The highest BCUT2D eigenvalue weighted by atomic mass is 15.0. The van der Waals surface area contributed by atoms with Gasteiger partial charge in [-0.1, -0.05) is 157 Å². The standard InChI is InChI=1S/C49H34N2/c1-33-20-22-35(23-21-33)40-29-26-36(31-43(40)37-11-10-30-50-32-37)34-24-27-39(28-25-34)49(38-12-3-2-4-13-38)44-16-6-8-19-47(44)51-46-18-7-5-14-41(46)42-15-9-17-45(49)48(42)51/h2-32H,1H3. The number of nitrogens with zero attached hydrogens (tertiary/aromatic N) is 2. The number of fused-ring (bicyclic) bond motifs is 5. The van der Waals surface area contributed by atoms with Gasteiger partial charge in [-0.3, -0.25) is 4.98 Å². The van der Waals surface area contributed by atoms with Crippen LogP contribution in [0, 0.1) is 6.92 Å². The second-order valence-electron chi connectivity index (χ2n) is 13.6. The van der Waals surface area contributed by atoms with Crippen LogP contribution in [0.15, 0.2) is 188 Å². The summed E-state index contributed by atoms with van der Waals surface area (Å²) in [6.45, 7) is 2.13. The van der Waals surface area contributed by atoms with Crippen LogP contribution in [0.2, 0.25) is 0 Å². The molecule has 0 aliphatic carbocycles. The summed E-state index contributed by atoms with van der Waals surface area (Å²) in [6, 6.07) is 64.8. The molecule has 2 aromatic heterocycles. The van der Waals surface area contributed by atoms with Crippen molar-refractivity contribution in [1.29, 1.82) is 0 Å². The van der Waals surface area contributed by atoms with Crippen LogP contribution in [0.4, 0.5) is 0 Å². The molecule has 2 nitrogen and oxygen atoms in total. The van der Waals surface area contributed by atoms with E-state index in [1.54, 1.807) is 0 Å². The van der Waals surface area contributed by atoms with E-state index in [0.29, 0.717) is 0 Å². The van der Waals surface area contributed by atoms with Crippen LogP contribution >= 0.6 is 0 Å². The van der Waals surface area contributed by atoms with E-state index in [1.807, 2.05) is 18.5 Å². The highest BCUT2D eigenvalue weighted by molar-refractivity contribution is 6.12. The second-order valence-corrected chi connectivity index (χ2v) is 13.6. The number of hydrogen-bond donors (Lipinski definition) is 0. The fraction of sp³-hybridized carbons (Fsp3) is 0.0408. The topological polar surface area (TPSA) is 17.8 Å². The van der Waals surface area contributed by atoms with Gasteiger partial charge in [-0.25, -0.2) is 0 Å². The largest absolute Gasteiger partial charge is 0.309 e. The van der Waals surface area contributed by atoms with Gasteiger partial charge >= 0.3 is 0 Å². The Morgan fingerprint density at radius 2 is 1.16 bits per heavy atom. The molecule has 0 saturated heterocycles. The van der Waals surface area contributed by atoms with Crippen molar-refractivity contribution in [3.05, 3.63) is 216 Å². The number of rotatable bonds is 5. The van der Waals surface area contributed by atoms with Crippen molar-refractivity contribution >= 4 is 21.8 Å². The summed E-state index contributed by atoms with van der Waals surface area (Å²) >= 11 is 0. The number of benzene rings is 7. The number of aryl methyl sites for hydroxylation is 1. The van der Waals surface area contributed by atoms with Crippen LogP contribution < -0.4 is 0 Å². The van der Waals surface area contributed by atoms with Gasteiger partial charge in [0.25, 0.3) is 0 Å². The van der Waals surface area contributed by atoms with Crippen LogP contribution in [-0.2, 0) is 5.41 Å². The third-order valence-electron chi connectivity index (χ3n) is 10.9. The van der Waals surface area contributed by atoms with E-state index in [0.717, 1.165) is 5.56 Å². The molecule has 2 heteroatoms. The van der Waals surface area contributed by atoms with E-state index in [9.17, 15) is 0 Å². The molecular weight excluding hydrogens is 617 g/mol. The van der Waals surface area contributed by atoms with Gasteiger partial charge in [-0.05, 0) is 81.3 Å². The molecule has 3 heterocycles. The average molecular weight is 651 g/mol. The van der Waals surface area contributed by atoms with Gasteiger partial charge < -0.3 is 4.57 Å². The first-order chi connectivity index (χ1) is 25.2. The Kier molecular flexibility index (Phi) is 6.65. The monoisotopic (exact) mass is 650 g/mol. The van der Waals surface area contributed by atoms with Crippen LogP contribution in [0.1, 0.15) is 27.8 Å². The Hall–Kier alpha value is -6.51. The van der Waals surface area contributed by atoms with Gasteiger partial charge in [0.2, 0.25) is 0 Å². The summed E-state index contributed by atoms with van der Waals surface area (Å²) in [4.78, 5) is 4.47. The lowest BCUT2D eigenvalue weighted by Gasteiger charge is -2.41. The molecular formula is C49H34N2. The smallest absolute Gasteiger partial charge is 0.0742 e. The Morgan fingerprint density at radius 3 is 1.98 bits per heavy atom. The first-order valence-electron chi connectivity index (χ1n) is 17.6. The summed E-state index contributed by atoms with van der Waals surface area (Å²) in [6.07, 6.45) is 3.80. The number of para-hydroxylation sites is 3. The molecule has 0 fully saturated rings. The van der Waals surface area contributed by atoms with Gasteiger partial charge in [0.15, 0.2) is 0 Å². The number of pyridine rings is 1. The van der Waals surface area contributed by atoms with E-state index in [-0.39, 0.29) is 0 Å². The lowest BCUT2D eigenvalue weighted by atomic mass is 9.63. The molecule has 1 aliphatic rings. The molecule has 0 saturated carbocycles. The lowest BCUT2D eigenvalue weighted by molar-refractivity contribution is 0.728. The van der Waals surface area contributed by atoms with E-state index in [2.05, 4.69) is 186 Å². The highest BCUT2D eigenvalue weighted by Crippen LogP contribution is 2.54. The molecule has 0 radical (unpaired) electrons. The molecule has 1 unspecified atom stereocenters. The molecule has 0 N–H and O–H groups in total. The molecule has 10 rings (SSSR count). The summed E-state index contributed by atoms with van der Waals surface area (Å²) in [5.41, 5.74) is 16.6. The summed E-state index contributed by atoms with van der Waals surface area (Å²) < 4.78 is 2.49. The van der Waals surface area contributed by atoms with Gasteiger partial charge in [0, 0.05) is 28.7 Å². The quantitative estimate of drug-likeness (QED) is 0.181. The van der Waals surface area contributed by atoms with Crippen molar-refractivity contribution in [2.45, 2.75) is 12.3 Å². The predicted octanol–water partition coefficient (Wildman–Crippen LogP) is 12.2. The first kappa shape index (κ1) is 29.4. The third-order valence-corrected chi connectivity index (χ3v) is 10.9. The Labute approximate surface area is 298 Å². The number of aromatic nitrogens is 2. The minimum Gasteiger partial charge on any atom is -0.309 e. The molecule has 1 atom stereocenters. The van der Waals surface area contributed by atoms with E-state index in [1.165, 1.54) is 83.1 Å². The van der Waals surface area contributed by atoms with Gasteiger partial charge in [-0.2, -0.15) is 0 Å². The Bertz CT molecular complexity index is 2720. The van der Waals surface area contributed by atoms with Crippen LogP contribution in [-0.4, -0.2) is 9.55 Å². The SMILES string of the molecule is Cc1ccc(-c2ccc(-c3ccc(C4(c5ccccc5)c5ccccc5-n5c6ccccc6c6cccc4c65)cc3)cc2-c2cccnc2)cc1. The minimum absolute atomic E-state index is 0.517. The lowest BCUT2D eigenvalue weighted by Crippen LogP contribution is -2.35. The Morgan fingerprint density at radius 1 is 0.471 bits per heavy atom. The normalized spacial score (nSPS) is 14.8. The summed E-state index contributed by atoms with van der Waals surface area (Å²) in [7, 11) is 0. The van der Waals surface area contributed by atoms with Crippen LogP contribution in [0.25, 0.3) is 60.9 Å². The highest BCUT2D eigenvalue weighted by Gasteiger charge is 2.45. The zero-order chi connectivity index (χ0) is 33.9. The van der Waals surface area contributed by atoms with Gasteiger partial charge in [0.05, 0.1) is 22.1 Å². The predicted molar refractivity (Wildman–Crippen MR) is 211 cm³/mol. The maximum atomic E-state index is 4.47. The molecule has 240 valence electrons. The molecule has 0 amide bonds. The Balaban J connectivity index is 1.19. The van der Waals surface area contributed by atoms with Gasteiger partial charge in [-0.15, -0.1) is 0 Å². The molecule has 0 spiro atoms. The maximum absolute atomic E-state index is 4.47. The summed E-state index contributed by atoms with van der Waals surface area (Å²) in [5, 5.41) is 2.56. The van der Waals surface area contributed by atoms with Crippen LogP contribution in [0.5, 0.6) is 0 Å². The van der Waals surface area contributed by atoms with E-state index in [4.69, 9.17) is 0 Å². The van der Waals surface area contributed by atoms with E-state index >= 15 is 0 Å². The molecule has 1 aliphatic heterocycles. The zero-order valence-electron chi connectivity index (χ0n) is 28.3. The van der Waals surface area contributed by atoms with Crippen molar-refractivity contribution in [1.82, 2.24) is 9.55 Å². The van der Waals surface area contributed by atoms with Crippen molar-refractivity contribution in [2.24, 2.45) is 0 Å². The van der Waals surface area contributed by atoms with Crippen molar-refractivity contribution in [2.75, 3.05) is 0 Å². The van der Waals surface area contributed by atoms with Crippen molar-refractivity contribution in [3.63, 3.8) is 0 Å². The minimum atomic E-state index is -0.517. The average Bonchev–Trinajstić information content (AvgIpc) is 3.55. The fourth-order valence-corrected chi connectivity index (χ4v) is 8.56. The third kappa shape index (κ3) is 4.40. The summed E-state index contributed by atoms with van der Waals surface area (Å²) in [5.74, 6) is 0. The zero-order valence-corrected chi connectivity index (χ0v) is 28.3. The second kappa shape index (κ2) is 11.5. The van der Waals surface area contributed by atoms with E-state index < -0.39 is 5.41 Å². The number of hydrogen-bond acceptors (Lipinski definition) is 1. The molecule has 7 aromatic carbocycles. The first-order valence-corrected chi connectivity index (χ1v) is 17.6. The molecule has 0 bridgehead atoms.